The van der Waals surface area contributed by atoms with Gasteiger partial charge in [-0.15, -0.1) is 0 Å². The molecule has 3 rings (SSSR count). The second-order valence-electron chi connectivity index (χ2n) is 4.69. The summed E-state index contributed by atoms with van der Waals surface area (Å²) in [5.74, 6) is 1.88. The first-order valence-corrected chi connectivity index (χ1v) is 5.53. The molecule has 0 radical (unpaired) electrons. The van der Waals surface area contributed by atoms with E-state index in [9.17, 15) is 0 Å². The van der Waals surface area contributed by atoms with E-state index in [1.54, 1.807) is 0 Å². The average Bonchev–Trinajstić information content (AvgIpc) is 2.65. The van der Waals surface area contributed by atoms with Gasteiger partial charge in [-0.3, -0.25) is 0 Å². The van der Waals surface area contributed by atoms with Crippen molar-refractivity contribution in [2.24, 2.45) is 0 Å². The topological polar surface area (TPSA) is 9.23 Å². The zero-order chi connectivity index (χ0) is 9.71. The molecule has 2 unspecified atom stereocenters. The van der Waals surface area contributed by atoms with Gasteiger partial charge >= 0.3 is 0 Å². The lowest BCUT2D eigenvalue weighted by molar-refractivity contribution is 0.224. The van der Waals surface area contributed by atoms with Crippen molar-refractivity contribution in [3.8, 4) is 5.75 Å². The van der Waals surface area contributed by atoms with Crippen LogP contribution >= 0.6 is 0 Å². The van der Waals surface area contributed by atoms with Crippen molar-refractivity contribution in [2.45, 2.75) is 45.1 Å². The maximum absolute atomic E-state index is 6.02. The highest BCUT2D eigenvalue weighted by molar-refractivity contribution is 5.49. The third-order valence-corrected chi connectivity index (χ3v) is 3.57. The Balaban J connectivity index is 2.14. The van der Waals surface area contributed by atoms with Crippen LogP contribution in [0.2, 0.25) is 0 Å². The van der Waals surface area contributed by atoms with Crippen LogP contribution in [-0.4, -0.2) is 6.10 Å². The lowest BCUT2D eigenvalue weighted by atomic mass is 9.94. The fraction of sp³-hybridized carbons (Fsp3) is 0.538. The van der Waals surface area contributed by atoms with Crippen LogP contribution in [0.15, 0.2) is 12.1 Å². The van der Waals surface area contributed by atoms with E-state index in [0.29, 0.717) is 12.0 Å². The van der Waals surface area contributed by atoms with Gasteiger partial charge in [0.1, 0.15) is 11.9 Å². The Morgan fingerprint density at radius 2 is 2.07 bits per heavy atom. The summed E-state index contributed by atoms with van der Waals surface area (Å²) < 4.78 is 6.02. The van der Waals surface area contributed by atoms with Gasteiger partial charge in [0.25, 0.3) is 0 Å². The molecule has 0 bridgehead atoms. The largest absolute Gasteiger partial charge is 0.489 e. The average molecular weight is 188 g/mol. The Morgan fingerprint density at radius 3 is 2.93 bits per heavy atom. The molecule has 1 heterocycles. The molecule has 1 aromatic carbocycles. The molecule has 1 aliphatic carbocycles. The van der Waals surface area contributed by atoms with E-state index < -0.39 is 0 Å². The number of hydrogen-bond donors (Lipinski definition) is 0. The number of fused-ring (bicyclic) bond motifs is 3. The Morgan fingerprint density at radius 1 is 1.21 bits per heavy atom. The molecular weight excluding hydrogens is 172 g/mol. The van der Waals surface area contributed by atoms with E-state index in [2.05, 4.69) is 26.0 Å². The third-order valence-electron chi connectivity index (χ3n) is 3.57. The Bertz CT molecular complexity index is 381. The molecule has 0 spiro atoms. The first kappa shape index (κ1) is 8.34. The van der Waals surface area contributed by atoms with Crippen molar-refractivity contribution in [1.82, 2.24) is 0 Å². The Labute approximate surface area is 85.1 Å². The fourth-order valence-corrected chi connectivity index (χ4v) is 3.00. The molecule has 1 aliphatic heterocycles. The number of hydrogen-bond acceptors (Lipinski definition) is 1. The van der Waals surface area contributed by atoms with Crippen LogP contribution in [0.25, 0.3) is 0 Å². The molecule has 1 nitrogen and oxygen atoms in total. The van der Waals surface area contributed by atoms with Gasteiger partial charge in [0.2, 0.25) is 0 Å². The number of aryl methyl sites for hydroxylation is 2. The molecule has 2 aliphatic rings. The van der Waals surface area contributed by atoms with Crippen molar-refractivity contribution < 1.29 is 4.74 Å². The van der Waals surface area contributed by atoms with Crippen LogP contribution in [0.5, 0.6) is 5.75 Å². The molecular formula is C13H16O. The molecule has 0 N–H and O–H groups in total. The minimum Gasteiger partial charge on any atom is -0.489 e. The fourth-order valence-electron chi connectivity index (χ4n) is 3.00. The van der Waals surface area contributed by atoms with Crippen LogP contribution in [0.3, 0.4) is 0 Å². The standard InChI is InChI=1S/C13H16O/c1-8-6-9(2)13-11(7-8)10-4-3-5-12(10)14-13/h6-7,10,12H,3-5H2,1-2H3. The molecule has 74 valence electrons. The van der Waals surface area contributed by atoms with Crippen LogP contribution in [0.1, 0.15) is 41.9 Å². The first-order valence-electron chi connectivity index (χ1n) is 5.53. The van der Waals surface area contributed by atoms with E-state index >= 15 is 0 Å². The van der Waals surface area contributed by atoms with E-state index in [0.717, 1.165) is 0 Å². The number of benzene rings is 1. The predicted molar refractivity (Wildman–Crippen MR) is 56.9 cm³/mol. The second kappa shape index (κ2) is 2.75. The van der Waals surface area contributed by atoms with E-state index in [1.165, 1.54) is 41.7 Å². The van der Waals surface area contributed by atoms with Crippen LogP contribution in [0.4, 0.5) is 0 Å². The van der Waals surface area contributed by atoms with Gasteiger partial charge in [0, 0.05) is 11.5 Å². The van der Waals surface area contributed by atoms with Crippen molar-refractivity contribution >= 4 is 0 Å². The summed E-state index contributed by atoms with van der Waals surface area (Å²) in [7, 11) is 0. The molecule has 1 heteroatoms. The second-order valence-corrected chi connectivity index (χ2v) is 4.69. The molecule has 1 fully saturated rings. The summed E-state index contributed by atoms with van der Waals surface area (Å²) in [5, 5.41) is 0. The molecule has 0 saturated heterocycles. The molecule has 14 heavy (non-hydrogen) atoms. The van der Waals surface area contributed by atoms with Crippen LogP contribution in [-0.2, 0) is 0 Å². The van der Waals surface area contributed by atoms with Crippen LogP contribution < -0.4 is 4.74 Å². The SMILES string of the molecule is Cc1cc(C)c2c(c1)C1CCCC1O2. The van der Waals surface area contributed by atoms with Gasteiger partial charge in [0.15, 0.2) is 0 Å². The smallest absolute Gasteiger partial charge is 0.126 e. The van der Waals surface area contributed by atoms with Gasteiger partial charge < -0.3 is 4.74 Å². The van der Waals surface area contributed by atoms with Crippen molar-refractivity contribution in [1.29, 1.82) is 0 Å². The van der Waals surface area contributed by atoms with Gasteiger partial charge in [-0.05, 0) is 38.7 Å². The molecule has 0 amide bonds. The van der Waals surface area contributed by atoms with Gasteiger partial charge in [-0.25, -0.2) is 0 Å². The highest BCUT2D eigenvalue weighted by Crippen LogP contribution is 2.48. The van der Waals surface area contributed by atoms with E-state index in [1.807, 2.05) is 0 Å². The maximum atomic E-state index is 6.02. The zero-order valence-corrected chi connectivity index (χ0v) is 8.84. The zero-order valence-electron chi connectivity index (χ0n) is 8.84. The maximum Gasteiger partial charge on any atom is 0.126 e. The minimum absolute atomic E-state index is 0.491. The number of rotatable bonds is 0. The van der Waals surface area contributed by atoms with Gasteiger partial charge in [-0.1, -0.05) is 17.7 Å². The lowest BCUT2D eigenvalue weighted by Gasteiger charge is -2.08. The quantitative estimate of drug-likeness (QED) is 0.606. The summed E-state index contributed by atoms with van der Waals surface area (Å²) in [5.41, 5.74) is 4.16. The Hall–Kier alpha value is -0.980. The third kappa shape index (κ3) is 1.01. The van der Waals surface area contributed by atoms with Crippen molar-refractivity contribution in [2.75, 3.05) is 0 Å². The molecule has 1 aromatic rings. The highest BCUT2D eigenvalue weighted by atomic mass is 16.5. The minimum atomic E-state index is 0.491. The van der Waals surface area contributed by atoms with Gasteiger partial charge in [-0.2, -0.15) is 0 Å². The number of ether oxygens (including phenoxy) is 1. The molecule has 1 saturated carbocycles. The summed E-state index contributed by atoms with van der Waals surface area (Å²) in [4.78, 5) is 0. The molecule has 0 aromatic heterocycles. The monoisotopic (exact) mass is 188 g/mol. The summed E-state index contributed by atoms with van der Waals surface area (Å²) in [6.45, 7) is 4.34. The predicted octanol–water partition coefficient (Wildman–Crippen LogP) is 3.33. The lowest BCUT2D eigenvalue weighted by Crippen LogP contribution is -2.11. The summed E-state index contributed by atoms with van der Waals surface area (Å²) in [6.07, 6.45) is 4.39. The van der Waals surface area contributed by atoms with Crippen molar-refractivity contribution in [3.05, 3.63) is 28.8 Å². The highest BCUT2D eigenvalue weighted by Gasteiger charge is 2.38. The summed E-state index contributed by atoms with van der Waals surface area (Å²) >= 11 is 0. The normalized spacial score (nSPS) is 28.4. The first-order chi connectivity index (χ1) is 6.75. The van der Waals surface area contributed by atoms with E-state index in [4.69, 9.17) is 4.74 Å². The summed E-state index contributed by atoms with van der Waals surface area (Å²) in [6, 6.07) is 4.54. The van der Waals surface area contributed by atoms with Crippen LogP contribution in [0, 0.1) is 13.8 Å². The van der Waals surface area contributed by atoms with Gasteiger partial charge in [0.05, 0.1) is 0 Å². The van der Waals surface area contributed by atoms with E-state index in [-0.39, 0.29) is 0 Å². The molecule has 2 atom stereocenters. The Kier molecular flexibility index (Phi) is 1.64. The van der Waals surface area contributed by atoms with Crippen molar-refractivity contribution in [3.63, 3.8) is 0 Å².